The lowest BCUT2D eigenvalue weighted by Gasteiger charge is -2.24. The molecule has 100 valence electrons. The second-order valence-electron chi connectivity index (χ2n) is 4.72. The summed E-state index contributed by atoms with van der Waals surface area (Å²) in [6.07, 6.45) is 1.99. The predicted octanol–water partition coefficient (Wildman–Crippen LogP) is 4.08. The lowest BCUT2D eigenvalue weighted by molar-refractivity contribution is -0.146. The first kappa shape index (κ1) is 14.7. The van der Waals surface area contributed by atoms with Gasteiger partial charge in [-0.15, -0.1) is 0 Å². The molecule has 1 rings (SSSR count). The van der Waals surface area contributed by atoms with Crippen molar-refractivity contribution in [3.63, 3.8) is 0 Å². The molecule has 2 heteroatoms. The summed E-state index contributed by atoms with van der Waals surface area (Å²) >= 11 is 0. The Morgan fingerprint density at radius 2 is 1.67 bits per heavy atom. The van der Waals surface area contributed by atoms with E-state index in [4.69, 9.17) is 4.74 Å². The molecule has 0 spiro atoms. The molecule has 1 aromatic carbocycles. The van der Waals surface area contributed by atoms with Gasteiger partial charge in [0, 0.05) is 0 Å². The molecule has 0 aliphatic carbocycles. The highest BCUT2D eigenvalue weighted by Crippen LogP contribution is 2.31. The monoisotopic (exact) mass is 248 g/mol. The van der Waals surface area contributed by atoms with Crippen molar-refractivity contribution >= 4 is 5.97 Å². The maximum Gasteiger partial charge on any atom is 0.313 e. The van der Waals surface area contributed by atoms with E-state index in [9.17, 15) is 4.79 Å². The fourth-order valence-electron chi connectivity index (χ4n) is 2.37. The Labute approximate surface area is 110 Å². The van der Waals surface area contributed by atoms with Crippen molar-refractivity contribution in [3.05, 3.63) is 35.4 Å². The van der Waals surface area contributed by atoms with Crippen molar-refractivity contribution in [2.24, 2.45) is 5.92 Å². The Balaban J connectivity index is 3.02. The lowest BCUT2D eigenvalue weighted by Crippen LogP contribution is -2.23. The van der Waals surface area contributed by atoms with Gasteiger partial charge in [-0.1, -0.05) is 56.5 Å². The standard InChI is InChI=1S/C16H24O2/c1-5-13(6-2)15(16(17)18-7-3)14-10-8-12(4)9-11-14/h8-11,13,15H,5-7H2,1-4H3. The van der Waals surface area contributed by atoms with Crippen LogP contribution in [0.5, 0.6) is 0 Å². The van der Waals surface area contributed by atoms with E-state index in [0.717, 1.165) is 18.4 Å². The molecule has 0 bridgehead atoms. The van der Waals surface area contributed by atoms with Crippen LogP contribution in [0.2, 0.25) is 0 Å². The second-order valence-corrected chi connectivity index (χ2v) is 4.72. The zero-order valence-electron chi connectivity index (χ0n) is 11.9. The first-order chi connectivity index (χ1) is 8.63. The minimum Gasteiger partial charge on any atom is -0.466 e. The summed E-state index contributed by atoms with van der Waals surface area (Å²) in [5.74, 6) is 0.141. The first-order valence-electron chi connectivity index (χ1n) is 6.87. The maximum absolute atomic E-state index is 12.2. The molecule has 0 aliphatic rings. The van der Waals surface area contributed by atoms with Crippen LogP contribution in [0, 0.1) is 12.8 Å². The largest absolute Gasteiger partial charge is 0.466 e. The number of carbonyl (C=O) groups is 1. The van der Waals surface area contributed by atoms with E-state index in [1.54, 1.807) is 0 Å². The van der Waals surface area contributed by atoms with E-state index < -0.39 is 0 Å². The highest BCUT2D eigenvalue weighted by Gasteiger charge is 2.28. The van der Waals surface area contributed by atoms with Gasteiger partial charge in [0.1, 0.15) is 0 Å². The minimum atomic E-state index is -0.124. The van der Waals surface area contributed by atoms with Gasteiger partial charge in [0.15, 0.2) is 0 Å². The third-order valence-electron chi connectivity index (χ3n) is 3.50. The molecule has 0 saturated carbocycles. The Bertz CT molecular complexity index is 363. The zero-order valence-corrected chi connectivity index (χ0v) is 11.9. The van der Waals surface area contributed by atoms with Gasteiger partial charge in [0.2, 0.25) is 0 Å². The van der Waals surface area contributed by atoms with Gasteiger partial charge in [-0.25, -0.2) is 0 Å². The zero-order chi connectivity index (χ0) is 13.5. The normalized spacial score (nSPS) is 12.5. The van der Waals surface area contributed by atoms with Crippen molar-refractivity contribution in [3.8, 4) is 0 Å². The first-order valence-corrected chi connectivity index (χ1v) is 6.87. The summed E-state index contributed by atoms with van der Waals surface area (Å²) in [5.41, 5.74) is 2.29. The highest BCUT2D eigenvalue weighted by atomic mass is 16.5. The molecule has 0 heterocycles. The molecular weight excluding hydrogens is 224 g/mol. The van der Waals surface area contributed by atoms with Gasteiger partial charge < -0.3 is 4.74 Å². The van der Waals surface area contributed by atoms with Crippen molar-refractivity contribution in [2.75, 3.05) is 6.61 Å². The fraction of sp³-hybridized carbons (Fsp3) is 0.562. The quantitative estimate of drug-likeness (QED) is 0.709. The van der Waals surface area contributed by atoms with Gasteiger partial charge in [0.05, 0.1) is 12.5 Å². The van der Waals surface area contributed by atoms with Crippen LogP contribution in [-0.2, 0) is 9.53 Å². The molecule has 1 atom stereocenters. The fourth-order valence-corrected chi connectivity index (χ4v) is 2.37. The number of ether oxygens (including phenoxy) is 1. The minimum absolute atomic E-state index is 0.0879. The van der Waals surface area contributed by atoms with Crippen molar-refractivity contribution in [1.29, 1.82) is 0 Å². The number of esters is 1. The van der Waals surface area contributed by atoms with Gasteiger partial charge in [-0.3, -0.25) is 4.79 Å². The molecule has 0 radical (unpaired) electrons. The molecule has 0 amide bonds. The number of hydrogen-bond acceptors (Lipinski definition) is 2. The van der Waals surface area contributed by atoms with Crippen molar-refractivity contribution < 1.29 is 9.53 Å². The Morgan fingerprint density at radius 1 is 1.11 bits per heavy atom. The molecule has 1 aromatic rings. The van der Waals surface area contributed by atoms with E-state index in [-0.39, 0.29) is 11.9 Å². The van der Waals surface area contributed by atoms with Crippen LogP contribution in [0.1, 0.15) is 50.7 Å². The van der Waals surface area contributed by atoms with Gasteiger partial charge in [0.25, 0.3) is 0 Å². The smallest absolute Gasteiger partial charge is 0.313 e. The summed E-state index contributed by atoms with van der Waals surface area (Å²) in [4.78, 5) is 12.2. The summed E-state index contributed by atoms with van der Waals surface area (Å²) in [6.45, 7) is 8.63. The molecular formula is C16H24O2. The van der Waals surface area contributed by atoms with Crippen LogP contribution in [0.15, 0.2) is 24.3 Å². The molecule has 2 nitrogen and oxygen atoms in total. The number of aryl methyl sites for hydroxylation is 1. The van der Waals surface area contributed by atoms with Crippen molar-refractivity contribution in [1.82, 2.24) is 0 Å². The molecule has 1 unspecified atom stereocenters. The molecule has 0 aliphatic heterocycles. The predicted molar refractivity (Wildman–Crippen MR) is 74.6 cm³/mol. The summed E-state index contributed by atoms with van der Waals surface area (Å²) in [7, 11) is 0. The molecule has 0 N–H and O–H groups in total. The van der Waals surface area contributed by atoms with E-state index in [2.05, 4.69) is 45.0 Å². The summed E-state index contributed by atoms with van der Waals surface area (Å²) in [6, 6.07) is 8.22. The van der Waals surface area contributed by atoms with E-state index in [0.29, 0.717) is 12.5 Å². The summed E-state index contributed by atoms with van der Waals surface area (Å²) in [5, 5.41) is 0. The Kier molecular flexibility index (Phi) is 5.90. The molecule has 0 aromatic heterocycles. The topological polar surface area (TPSA) is 26.3 Å². The maximum atomic E-state index is 12.2. The van der Waals surface area contributed by atoms with E-state index >= 15 is 0 Å². The average molecular weight is 248 g/mol. The van der Waals surface area contributed by atoms with Crippen molar-refractivity contribution in [2.45, 2.75) is 46.5 Å². The van der Waals surface area contributed by atoms with Crippen LogP contribution in [0.25, 0.3) is 0 Å². The SMILES string of the molecule is CCOC(=O)C(c1ccc(C)cc1)C(CC)CC. The Hall–Kier alpha value is -1.31. The van der Waals surface area contributed by atoms with Gasteiger partial charge in [-0.2, -0.15) is 0 Å². The van der Waals surface area contributed by atoms with Gasteiger partial charge in [-0.05, 0) is 25.3 Å². The molecule has 0 saturated heterocycles. The highest BCUT2D eigenvalue weighted by molar-refractivity contribution is 5.78. The number of hydrogen-bond donors (Lipinski definition) is 0. The lowest BCUT2D eigenvalue weighted by atomic mass is 9.82. The average Bonchev–Trinajstić information content (AvgIpc) is 2.37. The van der Waals surface area contributed by atoms with E-state index in [1.807, 2.05) is 6.92 Å². The third-order valence-corrected chi connectivity index (χ3v) is 3.50. The van der Waals surface area contributed by atoms with Crippen LogP contribution in [-0.4, -0.2) is 12.6 Å². The van der Waals surface area contributed by atoms with Crippen LogP contribution >= 0.6 is 0 Å². The van der Waals surface area contributed by atoms with Crippen LogP contribution < -0.4 is 0 Å². The number of rotatable bonds is 6. The van der Waals surface area contributed by atoms with Crippen LogP contribution in [0.4, 0.5) is 0 Å². The second kappa shape index (κ2) is 7.20. The van der Waals surface area contributed by atoms with Gasteiger partial charge >= 0.3 is 5.97 Å². The van der Waals surface area contributed by atoms with Crippen LogP contribution in [0.3, 0.4) is 0 Å². The number of carbonyl (C=O) groups excluding carboxylic acids is 1. The Morgan fingerprint density at radius 3 is 2.11 bits per heavy atom. The molecule has 0 fully saturated rings. The number of benzene rings is 1. The summed E-state index contributed by atoms with van der Waals surface area (Å²) < 4.78 is 5.23. The van der Waals surface area contributed by atoms with E-state index in [1.165, 1.54) is 5.56 Å². The molecule has 18 heavy (non-hydrogen) atoms. The third kappa shape index (κ3) is 3.59.